The van der Waals surface area contributed by atoms with Gasteiger partial charge < -0.3 is 5.32 Å². The van der Waals surface area contributed by atoms with Gasteiger partial charge in [-0.05, 0) is 48.9 Å². The Balaban J connectivity index is 1.95. The van der Waals surface area contributed by atoms with Crippen molar-refractivity contribution in [3.05, 3.63) is 65.6 Å². The molecule has 0 bridgehead atoms. The molecule has 2 aromatic heterocycles. The summed E-state index contributed by atoms with van der Waals surface area (Å²) in [6, 6.07) is 11.9. The number of pyridine rings is 2. The Morgan fingerprint density at radius 1 is 1.05 bits per heavy atom. The Labute approximate surface area is 122 Å². The quantitative estimate of drug-likeness (QED) is 0.771. The van der Waals surface area contributed by atoms with Crippen LogP contribution in [0.2, 0.25) is 5.02 Å². The van der Waals surface area contributed by atoms with Crippen LogP contribution in [0.5, 0.6) is 0 Å². The fourth-order valence-corrected chi connectivity index (χ4v) is 2.38. The molecule has 0 saturated heterocycles. The maximum absolute atomic E-state index is 6.01. The van der Waals surface area contributed by atoms with E-state index in [1.54, 1.807) is 18.6 Å². The minimum Gasteiger partial charge on any atom is -0.378 e. The molecule has 4 heteroatoms. The van der Waals surface area contributed by atoms with Gasteiger partial charge in [-0.3, -0.25) is 9.97 Å². The molecule has 0 spiro atoms. The van der Waals surface area contributed by atoms with Crippen LogP contribution in [-0.4, -0.2) is 9.97 Å². The molecule has 0 saturated carbocycles. The second kappa shape index (κ2) is 5.47. The maximum Gasteiger partial charge on any atom is 0.0737 e. The third-order valence-corrected chi connectivity index (χ3v) is 3.52. The third kappa shape index (κ3) is 2.58. The lowest BCUT2D eigenvalue weighted by atomic mass is 10.1. The summed E-state index contributed by atoms with van der Waals surface area (Å²) < 4.78 is 0. The molecule has 3 nitrogen and oxygen atoms in total. The molecule has 0 aliphatic rings. The summed E-state index contributed by atoms with van der Waals surface area (Å²) in [7, 11) is 0. The summed E-state index contributed by atoms with van der Waals surface area (Å²) in [4.78, 5) is 8.39. The van der Waals surface area contributed by atoms with Crippen molar-refractivity contribution >= 4 is 28.2 Å². The van der Waals surface area contributed by atoms with E-state index in [-0.39, 0.29) is 6.04 Å². The predicted molar refractivity (Wildman–Crippen MR) is 83.0 cm³/mol. The van der Waals surface area contributed by atoms with Crippen molar-refractivity contribution in [2.45, 2.75) is 13.0 Å². The molecule has 0 aliphatic carbocycles. The molecular formula is C16H14ClN3. The van der Waals surface area contributed by atoms with E-state index in [4.69, 9.17) is 11.6 Å². The predicted octanol–water partition coefficient (Wildman–Crippen LogP) is 4.46. The maximum atomic E-state index is 6.01. The van der Waals surface area contributed by atoms with Crippen molar-refractivity contribution in [3.63, 3.8) is 0 Å². The number of rotatable bonds is 3. The average molecular weight is 284 g/mol. The fourth-order valence-electron chi connectivity index (χ4n) is 2.22. The van der Waals surface area contributed by atoms with Gasteiger partial charge in [-0.15, -0.1) is 0 Å². The summed E-state index contributed by atoms with van der Waals surface area (Å²) in [5.41, 5.74) is 3.14. The summed E-state index contributed by atoms with van der Waals surface area (Å²) >= 11 is 6.01. The second-order valence-electron chi connectivity index (χ2n) is 4.67. The van der Waals surface area contributed by atoms with Gasteiger partial charge >= 0.3 is 0 Å². The SMILES string of the molecule is CC(Nc1ccnc2cc(Cl)ccc12)c1ccncc1. The first-order valence-corrected chi connectivity index (χ1v) is 6.82. The first-order chi connectivity index (χ1) is 9.74. The second-order valence-corrected chi connectivity index (χ2v) is 5.10. The molecule has 0 aliphatic heterocycles. The van der Waals surface area contributed by atoms with E-state index < -0.39 is 0 Å². The van der Waals surface area contributed by atoms with Crippen LogP contribution in [0.1, 0.15) is 18.5 Å². The number of benzene rings is 1. The van der Waals surface area contributed by atoms with Crippen molar-refractivity contribution in [1.82, 2.24) is 9.97 Å². The molecule has 0 radical (unpaired) electrons. The van der Waals surface area contributed by atoms with E-state index in [1.165, 1.54) is 5.56 Å². The number of hydrogen-bond donors (Lipinski definition) is 1. The average Bonchev–Trinajstić information content (AvgIpc) is 2.48. The van der Waals surface area contributed by atoms with Gasteiger partial charge in [-0.1, -0.05) is 11.6 Å². The largest absolute Gasteiger partial charge is 0.378 e. The van der Waals surface area contributed by atoms with E-state index in [9.17, 15) is 0 Å². The van der Waals surface area contributed by atoms with Gasteiger partial charge in [-0.25, -0.2) is 0 Å². The van der Waals surface area contributed by atoms with E-state index in [2.05, 4.69) is 22.2 Å². The van der Waals surface area contributed by atoms with Crippen molar-refractivity contribution in [2.24, 2.45) is 0 Å². The number of anilines is 1. The summed E-state index contributed by atoms with van der Waals surface area (Å²) in [5.74, 6) is 0. The smallest absolute Gasteiger partial charge is 0.0737 e. The van der Waals surface area contributed by atoms with Gasteiger partial charge in [0.1, 0.15) is 0 Å². The van der Waals surface area contributed by atoms with E-state index in [0.29, 0.717) is 5.02 Å². The van der Waals surface area contributed by atoms with Crippen LogP contribution in [0.3, 0.4) is 0 Å². The molecule has 0 fully saturated rings. The molecule has 100 valence electrons. The molecule has 3 aromatic rings. The van der Waals surface area contributed by atoms with Crippen molar-refractivity contribution in [3.8, 4) is 0 Å². The molecule has 2 heterocycles. The summed E-state index contributed by atoms with van der Waals surface area (Å²) in [5, 5.41) is 5.28. The lowest BCUT2D eigenvalue weighted by Crippen LogP contribution is -2.07. The topological polar surface area (TPSA) is 37.8 Å². The van der Waals surface area contributed by atoms with E-state index in [1.807, 2.05) is 36.4 Å². The number of nitrogens with one attached hydrogen (secondary N) is 1. The number of fused-ring (bicyclic) bond motifs is 1. The Bertz CT molecular complexity index is 728. The molecule has 1 unspecified atom stereocenters. The van der Waals surface area contributed by atoms with Gasteiger partial charge in [0.05, 0.1) is 5.52 Å². The Morgan fingerprint density at radius 3 is 2.65 bits per heavy atom. The molecule has 1 N–H and O–H groups in total. The Kier molecular flexibility index (Phi) is 3.52. The highest BCUT2D eigenvalue weighted by Crippen LogP contribution is 2.27. The Morgan fingerprint density at radius 2 is 1.85 bits per heavy atom. The molecule has 0 amide bonds. The highest BCUT2D eigenvalue weighted by molar-refractivity contribution is 6.31. The van der Waals surface area contributed by atoms with Crippen molar-refractivity contribution in [2.75, 3.05) is 5.32 Å². The molecule has 20 heavy (non-hydrogen) atoms. The van der Waals surface area contributed by atoms with Crippen LogP contribution in [0.25, 0.3) is 10.9 Å². The highest BCUT2D eigenvalue weighted by Gasteiger charge is 2.08. The van der Waals surface area contributed by atoms with Gasteiger partial charge in [0, 0.05) is 40.7 Å². The van der Waals surface area contributed by atoms with E-state index in [0.717, 1.165) is 16.6 Å². The van der Waals surface area contributed by atoms with E-state index >= 15 is 0 Å². The zero-order chi connectivity index (χ0) is 13.9. The summed E-state index contributed by atoms with van der Waals surface area (Å²) in [6.45, 7) is 2.12. The number of hydrogen-bond acceptors (Lipinski definition) is 3. The zero-order valence-electron chi connectivity index (χ0n) is 11.0. The van der Waals surface area contributed by atoms with Crippen LogP contribution in [-0.2, 0) is 0 Å². The first kappa shape index (κ1) is 12.9. The molecule has 1 atom stereocenters. The molecular weight excluding hydrogens is 270 g/mol. The fraction of sp³-hybridized carbons (Fsp3) is 0.125. The van der Waals surface area contributed by atoms with Crippen LogP contribution in [0.15, 0.2) is 55.0 Å². The third-order valence-electron chi connectivity index (χ3n) is 3.28. The first-order valence-electron chi connectivity index (χ1n) is 6.45. The van der Waals surface area contributed by atoms with Crippen LogP contribution < -0.4 is 5.32 Å². The molecule has 1 aromatic carbocycles. The van der Waals surface area contributed by atoms with Crippen LogP contribution in [0.4, 0.5) is 5.69 Å². The number of halogens is 1. The van der Waals surface area contributed by atoms with Crippen LogP contribution >= 0.6 is 11.6 Å². The molecule has 3 rings (SSSR count). The monoisotopic (exact) mass is 283 g/mol. The van der Waals surface area contributed by atoms with Gasteiger partial charge in [0.15, 0.2) is 0 Å². The highest BCUT2D eigenvalue weighted by atomic mass is 35.5. The standard InChI is InChI=1S/C16H14ClN3/c1-11(12-4-7-18-8-5-12)20-15-6-9-19-16-10-13(17)2-3-14(15)16/h2-11H,1H3,(H,19,20). The normalized spacial score (nSPS) is 12.3. The van der Waals surface area contributed by atoms with Gasteiger partial charge in [-0.2, -0.15) is 0 Å². The number of nitrogens with zero attached hydrogens (tertiary/aromatic N) is 2. The minimum absolute atomic E-state index is 0.194. The van der Waals surface area contributed by atoms with Crippen molar-refractivity contribution in [1.29, 1.82) is 0 Å². The van der Waals surface area contributed by atoms with Crippen molar-refractivity contribution < 1.29 is 0 Å². The lowest BCUT2D eigenvalue weighted by Gasteiger charge is -2.17. The Hall–Kier alpha value is -2.13. The lowest BCUT2D eigenvalue weighted by molar-refractivity contribution is 0.882. The number of aromatic nitrogens is 2. The minimum atomic E-state index is 0.194. The van der Waals surface area contributed by atoms with Gasteiger partial charge in [0.2, 0.25) is 0 Å². The summed E-state index contributed by atoms with van der Waals surface area (Å²) in [6.07, 6.45) is 5.40. The zero-order valence-corrected chi connectivity index (χ0v) is 11.8. The van der Waals surface area contributed by atoms with Crippen LogP contribution in [0, 0.1) is 0 Å². The van der Waals surface area contributed by atoms with Gasteiger partial charge in [0.25, 0.3) is 0 Å².